The molecule has 0 aromatic rings. The van der Waals surface area contributed by atoms with Gasteiger partial charge in [-0.1, -0.05) is 6.92 Å². The van der Waals surface area contributed by atoms with Crippen LogP contribution in [0.5, 0.6) is 0 Å². The van der Waals surface area contributed by atoms with Crippen molar-refractivity contribution in [2.45, 2.75) is 38.6 Å². The molecule has 2 atom stereocenters. The van der Waals surface area contributed by atoms with Crippen molar-refractivity contribution in [1.29, 1.82) is 0 Å². The van der Waals surface area contributed by atoms with Crippen LogP contribution in [0, 0.1) is 11.8 Å². The van der Waals surface area contributed by atoms with Crippen LogP contribution in [-0.4, -0.2) is 34.5 Å². The topological polar surface area (TPSA) is 57.6 Å². The van der Waals surface area contributed by atoms with Crippen LogP contribution in [0.3, 0.4) is 0 Å². The number of nitrogens with zero attached hydrogens (tertiary/aromatic N) is 1. The number of carbonyl (C=O) groups is 2. The Morgan fingerprint density at radius 3 is 2.53 bits per heavy atom. The summed E-state index contributed by atoms with van der Waals surface area (Å²) in [5, 5.41) is 8.97. The Kier molecular flexibility index (Phi) is 2.67. The van der Waals surface area contributed by atoms with E-state index in [1.54, 1.807) is 4.90 Å². The Morgan fingerprint density at radius 2 is 2.00 bits per heavy atom. The summed E-state index contributed by atoms with van der Waals surface area (Å²) in [5.74, 6) is -0.288. The van der Waals surface area contributed by atoms with E-state index in [1.165, 1.54) is 0 Å². The lowest BCUT2D eigenvalue weighted by Crippen LogP contribution is -2.43. The van der Waals surface area contributed by atoms with E-state index < -0.39 is 12.0 Å². The van der Waals surface area contributed by atoms with E-state index >= 15 is 0 Å². The van der Waals surface area contributed by atoms with Crippen molar-refractivity contribution in [1.82, 2.24) is 4.90 Å². The van der Waals surface area contributed by atoms with Crippen molar-refractivity contribution in [3.63, 3.8) is 0 Å². The zero-order valence-corrected chi connectivity index (χ0v) is 8.98. The molecule has 1 saturated heterocycles. The fourth-order valence-electron chi connectivity index (χ4n) is 2.35. The zero-order chi connectivity index (χ0) is 11.0. The molecule has 1 amide bonds. The Hall–Kier alpha value is -1.06. The predicted molar refractivity (Wildman–Crippen MR) is 54.3 cm³/mol. The molecule has 15 heavy (non-hydrogen) atoms. The maximum absolute atomic E-state index is 12.0. The Balaban J connectivity index is 2.01. The van der Waals surface area contributed by atoms with Gasteiger partial charge >= 0.3 is 5.97 Å². The summed E-state index contributed by atoms with van der Waals surface area (Å²) in [6.45, 7) is 2.55. The van der Waals surface area contributed by atoms with Crippen molar-refractivity contribution in [3.05, 3.63) is 0 Å². The summed E-state index contributed by atoms with van der Waals surface area (Å²) in [4.78, 5) is 24.5. The fourth-order valence-corrected chi connectivity index (χ4v) is 2.35. The first-order chi connectivity index (χ1) is 7.11. The second-order valence-corrected chi connectivity index (χ2v) is 4.65. The highest BCUT2D eigenvalue weighted by Gasteiger charge is 2.40. The van der Waals surface area contributed by atoms with E-state index in [1.807, 2.05) is 6.92 Å². The van der Waals surface area contributed by atoms with Crippen molar-refractivity contribution in [3.8, 4) is 0 Å². The van der Waals surface area contributed by atoms with Crippen LogP contribution in [-0.2, 0) is 9.59 Å². The highest BCUT2D eigenvalue weighted by molar-refractivity contribution is 5.85. The molecule has 4 nitrogen and oxygen atoms in total. The van der Waals surface area contributed by atoms with Crippen molar-refractivity contribution in [2.75, 3.05) is 6.54 Å². The van der Waals surface area contributed by atoms with Gasteiger partial charge in [-0.2, -0.15) is 0 Å². The van der Waals surface area contributed by atoms with Crippen LogP contribution in [0.15, 0.2) is 0 Å². The minimum Gasteiger partial charge on any atom is -0.480 e. The van der Waals surface area contributed by atoms with E-state index in [0.717, 1.165) is 19.3 Å². The molecule has 84 valence electrons. The highest BCUT2D eigenvalue weighted by atomic mass is 16.4. The molecule has 0 aromatic carbocycles. The second kappa shape index (κ2) is 3.83. The number of carbonyl (C=O) groups excluding carboxylic acids is 1. The summed E-state index contributed by atoms with van der Waals surface area (Å²) in [6.07, 6.45) is 3.68. The molecule has 1 heterocycles. The van der Waals surface area contributed by atoms with Gasteiger partial charge in [0, 0.05) is 12.5 Å². The molecule has 0 radical (unpaired) electrons. The minimum atomic E-state index is -0.858. The smallest absolute Gasteiger partial charge is 0.326 e. The number of amides is 1. The second-order valence-electron chi connectivity index (χ2n) is 4.65. The third-order valence-electron chi connectivity index (χ3n) is 3.54. The molecule has 1 unspecified atom stereocenters. The van der Waals surface area contributed by atoms with Gasteiger partial charge in [-0.05, 0) is 31.6 Å². The summed E-state index contributed by atoms with van der Waals surface area (Å²) < 4.78 is 0. The van der Waals surface area contributed by atoms with E-state index in [9.17, 15) is 9.59 Å². The lowest BCUT2D eigenvalue weighted by Gasteiger charge is -2.24. The molecule has 1 aliphatic heterocycles. The number of rotatable bonds is 3. The Labute approximate surface area is 89.3 Å². The average Bonchev–Trinajstić information content (AvgIpc) is 2.92. The van der Waals surface area contributed by atoms with Crippen LogP contribution in [0.4, 0.5) is 0 Å². The number of aliphatic carboxylic acids is 1. The number of hydrogen-bond donors (Lipinski definition) is 1. The molecular formula is C11H17NO3. The molecule has 4 heteroatoms. The summed E-state index contributed by atoms with van der Waals surface area (Å²) in [6, 6.07) is -0.571. The number of carboxylic acids is 1. The summed E-state index contributed by atoms with van der Waals surface area (Å²) in [7, 11) is 0. The van der Waals surface area contributed by atoms with Gasteiger partial charge in [0.2, 0.25) is 5.91 Å². The quantitative estimate of drug-likeness (QED) is 0.760. The Bertz CT molecular complexity index is 286. The molecule has 2 rings (SSSR count). The van der Waals surface area contributed by atoms with E-state index in [4.69, 9.17) is 5.11 Å². The van der Waals surface area contributed by atoms with Crippen molar-refractivity contribution < 1.29 is 14.7 Å². The van der Waals surface area contributed by atoms with Crippen LogP contribution < -0.4 is 0 Å². The maximum Gasteiger partial charge on any atom is 0.326 e. The zero-order valence-electron chi connectivity index (χ0n) is 8.98. The van der Waals surface area contributed by atoms with Crippen LogP contribution in [0.2, 0.25) is 0 Å². The molecule has 2 aliphatic rings. The molecule has 1 saturated carbocycles. The van der Waals surface area contributed by atoms with E-state index in [2.05, 4.69) is 0 Å². The minimum absolute atomic E-state index is 0.0185. The molecule has 0 bridgehead atoms. The molecule has 1 N–H and O–H groups in total. The number of likely N-dealkylation sites (tertiary alicyclic amines) is 1. The first kappa shape index (κ1) is 10.5. The molecule has 1 aliphatic carbocycles. The third-order valence-corrected chi connectivity index (χ3v) is 3.54. The largest absolute Gasteiger partial charge is 0.480 e. The Morgan fingerprint density at radius 1 is 1.33 bits per heavy atom. The average molecular weight is 211 g/mol. The molecule has 0 aromatic heterocycles. The van der Waals surface area contributed by atoms with E-state index in [0.29, 0.717) is 18.9 Å². The summed E-state index contributed by atoms with van der Waals surface area (Å²) >= 11 is 0. The molecule has 0 spiro atoms. The van der Waals surface area contributed by atoms with Gasteiger partial charge in [0.05, 0.1) is 0 Å². The van der Waals surface area contributed by atoms with Crippen LogP contribution in [0.1, 0.15) is 32.6 Å². The number of carboxylic acid groups (broad SMARTS) is 1. The maximum atomic E-state index is 12.0. The highest BCUT2D eigenvalue weighted by Crippen LogP contribution is 2.38. The van der Waals surface area contributed by atoms with Gasteiger partial charge in [-0.25, -0.2) is 4.79 Å². The van der Waals surface area contributed by atoms with Crippen LogP contribution >= 0.6 is 0 Å². The van der Waals surface area contributed by atoms with Gasteiger partial charge < -0.3 is 10.0 Å². The van der Waals surface area contributed by atoms with Crippen molar-refractivity contribution >= 4 is 11.9 Å². The fraction of sp³-hybridized carbons (Fsp3) is 0.818. The van der Waals surface area contributed by atoms with Gasteiger partial charge in [-0.3, -0.25) is 4.79 Å². The first-order valence-corrected chi connectivity index (χ1v) is 5.64. The SMILES string of the molecule is CC(C(=O)N1CCC[C@@H]1C(=O)O)C1CC1. The van der Waals surface area contributed by atoms with Gasteiger partial charge in [0.1, 0.15) is 6.04 Å². The predicted octanol–water partition coefficient (Wildman–Crippen LogP) is 1.11. The lowest BCUT2D eigenvalue weighted by molar-refractivity contribution is -0.150. The first-order valence-electron chi connectivity index (χ1n) is 5.64. The van der Waals surface area contributed by atoms with Gasteiger partial charge in [0.25, 0.3) is 0 Å². The molecular weight excluding hydrogens is 194 g/mol. The van der Waals surface area contributed by atoms with E-state index in [-0.39, 0.29) is 11.8 Å². The lowest BCUT2D eigenvalue weighted by atomic mass is 10.0. The normalized spacial score (nSPS) is 27.8. The monoisotopic (exact) mass is 211 g/mol. The van der Waals surface area contributed by atoms with Gasteiger partial charge in [-0.15, -0.1) is 0 Å². The molecule has 2 fully saturated rings. The number of hydrogen-bond acceptors (Lipinski definition) is 2. The van der Waals surface area contributed by atoms with Crippen molar-refractivity contribution in [2.24, 2.45) is 11.8 Å². The third kappa shape index (κ3) is 1.98. The summed E-state index contributed by atoms with van der Waals surface area (Å²) in [5.41, 5.74) is 0. The van der Waals surface area contributed by atoms with Gasteiger partial charge in [0.15, 0.2) is 0 Å². The standard InChI is InChI=1S/C11H17NO3/c1-7(8-4-5-8)10(13)12-6-2-3-9(12)11(14)15/h7-9H,2-6H2,1H3,(H,14,15)/t7?,9-/m1/s1. The van der Waals surface area contributed by atoms with Crippen LogP contribution in [0.25, 0.3) is 0 Å².